The van der Waals surface area contributed by atoms with E-state index in [1.165, 1.54) is 0 Å². The second-order valence-electron chi connectivity index (χ2n) is 3.05. The summed E-state index contributed by atoms with van der Waals surface area (Å²) in [5.74, 6) is 0.517. The van der Waals surface area contributed by atoms with Crippen LogP contribution in [-0.4, -0.2) is 5.11 Å². The molecule has 0 spiro atoms. The standard InChI is InChI=1S/C9H14N2O/c1-7(2)8(3)4-5-9(12)6-11-10/h6-7H,3-5H2,1-2H3/p+1/b9-6-. The predicted molar refractivity (Wildman–Crippen MR) is 49.0 cm³/mol. The van der Waals surface area contributed by atoms with Crippen LogP contribution in [0.3, 0.4) is 0 Å². The van der Waals surface area contributed by atoms with Crippen LogP contribution in [0.2, 0.25) is 0 Å². The van der Waals surface area contributed by atoms with Gasteiger partial charge in [0.15, 0.2) is 10.7 Å². The number of hydrogen-bond acceptors (Lipinski definition) is 2. The van der Waals surface area contributed by atoms with E-state index in [1.54, 1.807) is 0 Å². The largest absolute Gasteiger partial charge is 0.505 e. The Kier molecular flexibility index (Phi) is 4.78. The molecule has 0 amide bonds. The van der Waals surface area contributed by atoms with Gasteiger partial charge in [0.1, 0.15) is 0 Å². The zero-order valence-corrected chi connectivity index (χ0v) is 7.62. The van der Waals surface area contributed by atoms with Crippen LogP contribution in [0.4, 0.5) is 0 Å². The van der Waals surface area contributed by atoms with Crippen molar-refractivity contribution in [2.24, 2.45) is 5.92 Å². The minimum atomic E-state index is 0.0827. The normalized spacial score (nSPS) is 11.3. The topological polar surface area (TPSA) is 48.4 Å². The molecule has 1 N–H and O–H groups in total. The maximum Gasteiger partial charge on any atom is 0.387 e. The van der Waals surface area contributed by atoms with Crippen molar-refractivity contribution in [3.05, 3.63) is 29.1 Å². The predicted octanol–water partition coefficient (Wildman–Crippen LogP) is 3.23. The lowest BCUT2D eigenvalue weighted by atomic mass is 10.0. The molecule has 0 radical (unpaired) electrons. The van der Waals surface area contributed by atoms with Gasteiger partial charge in [0, 0.05) is 6.42 Å². The maximum atomic E-state index is 9.05. The first kappa shape index (κ1) is 10.7. The lowest BCUT2D eigenvalue weighted by molar-refractivity contribution is 0.386. The Hall–Kier alpha value is -1.30. The van der Waals surface area contributed by atoms with Crippen molar-refractivity contribution in [2.45, 2.75) is 26.7 Å². The Morgan fingerprint density at radius 3 is 2.58 bits per heavy atom. The van der Waals surface area contributed by atoms with Crippen molar-refractivity contribution in [1.29, 1.82) is 5.39 Å². The molecular formula is C9H15N2O+. The van der Waals surface area contributed by atoms with E-state index in [-0.39, 0.29) is 5.76 Å². The van der Waals surface area contributed by atoms with Crippen molar-refractivity contribution >= 4 is 0 Å². The highest BCUT2D eigenvalue weighted by atomic mass is 16.3. The van der Waals surface area contributed by atoms with E-state index in [4.69, 9.17) is 10.5 Å². The molecule has 0 saturated heterocycles. The molecule has 0 rings (SSSR count). The van der Waals surface area contributed by atoms with Crippen LogP contribution < -0.4 is 0 Å². The van der Waals surface area contributed by atoms with Crippen LogP contribution in [0.25, 0.3) is 4.98 Å². The Labute approximate surface area is 73.0 Å². The lowest BCUT2D eigenvalue weighted by Gasteiger charge is -2.06. The van der Waals surface area contributed by atoms with Crippen LogP contribution in [0.5, 0.6) is 0 Å². The van der Waals surface area contributed by atoms with Gasteiger partial charge in [-0.15, -0.1) is 0 Å². The van der Waals surface area contributed by atoms with Gasteiger partial charge < -0.3 is 5.11 Å². The fraction of sp³-hybridized carbons (Fsp3) is 0.556. The lowest BCUT2D eigenvalue weighted by Crippen LogP contribution is -1.93. The molecule has 0 saturated carbocycles. The number of aliphatic hydroxyl groups is 1. The van der Waals surface area contributed by atoms with Crippen LogP contribution in [0, 0.1) is 11.3 Å². The van der Waals surface area contributed by atoms with Crippen LogP contribution in [-0.2, 0) is 0 Å². The van der Waals surface area contributed by atoms with E-state index < -0.39 is 0 Å². The highest BCUT2D eigenvalue weighted by Crippen LogP contribution is 2.15. The maximum absolute atomic E-state index is 9.05. The average Bonchev–Trinajstić information content (AvgIpc) is 2.00. The second-order valence-corrected chi connectivity index (χ2v) is 3.05. The third kappa shape index (κ3) is 4.51. The minimum Gasteiger partial charge on any atom is -0.505 e. The molecule has 0 fully saturated rings. The van der Waals surface area contributed by atoms with Crippen LogP contribution in [0.15, 0.2) is 24.1 Å². The first-order valence-electron chi connectivity index (χ1n) is 3.97. The number of diazo groups is 1. The molecule has 0 aliphatic heterocycles. The van der Waals surface area contributed by atoms with Crippen LogP contribution >= 0.6 is 0 Å². The van der Waals surface area contributed by atoms with E-state index in [9.17, 15) is 0 Å². The molecule has 12 heavy (non-hydrogen) atoms. The Balaban J connectivity index is 3.78. The summed E-state index contributed by atoms with van der Waals surface area (Å²) in [5.41, 5.74) is 1.09. The molecule has 0 aromatic heterocycles. The number of rotatable bonds is 4. The summed E-state index contributed by atoms with van der Waals surface area (Å²) in [5, 5.41) is 17.1. The summed E-state index contributed by atoms with van der Waals surface area (Å²) in [6.07, 6.45) is 2.25. The third-order valence-corrected chi connectivity index (χ3v) is 1.73. The van der Waals surface area contributed by atoms with Gasteiger partial charge in [-0.2, -0.15) is 0 Å². The Morgan fingerprint density at radius 1 is 1.58 bits per heavy atom. The molecule has 0 aromatic carbocycles. The summed E-state index contributed by atoms with van der Waals surface area (Å²) in [4.78, 5) is 2.72. The smallest absolute Gasteiger partial charge is 0.387 e. The van der Waals surface area contributed by atoms with Gasteiger partial charge in [0.05, 0.1) is 0 Å². The number of hydrogen-bond donors (Lipinski definition) is 1. The summed E-state index contributed by atoms with van der Waals surface area (Å²) < 4.78 is 0. The van der Waals surface area contributed by atoms with Crippen molar-refractivity contribution in [3.8, 4) is 0 Å². The van der Waals surface area contributed by atoms with Crippen molar-refractivity contribution in [1.82, 2.24) is 0 Å². The SMILES string of the molecule is C=C(CC/C(O)=C/[N+]#N)C(C)C. The van der Waals surface area contributed by atoms with Gasteiger partial charge >= 0.3 is 6.20 Å². The molecule has 0 unspecified atom stereocenters. The highest BCUT2D eigenvalue weighted by molar-refractivity contribution is 5.03. The summed E-state index contributed by atoms with van der Waals surface area (Å²) in [6.45, 7) is 7.96. The average molecular weight is 167 g/mol. The molecule has 66 valence electrons. The fourth-order valence-corrected chi connectivity index (χ4v) is 0.708. The summed E-state index contributed by atoms with van der Waals surface area (Å²) in [6, 6.07) is 0. The highest BCUT2D eigenvalue weighted by Gasteiger charge is 2.04. The third-order valence-electron chi connectivity index (χ3n) is 1.73. The fourth-order valence-electron chi connectivity index (χ4n) is 0.708. The monoisotopic (exact) mass is 167 g/mol. The molecule has 0 aliphatic rings. The minimum absolute atomic E-state index is 0.0827. The number of allylic oxidation sites excluding steroid dienone is 2. The molecule has 0 aliphatic carbocycles. The Bertz CT molecular complexity index is 223. The van der Waals surface area contributed by atoms with E-state index in [0.29, 0.717) is 12.3 Å². The molecule has 0 heterocycles. The molecule has 3 nitrogen and oxygen atoms in total. The van der Waals surface area contributed by atoms with Gasteiger partial charge in [-0.1, -0.05) is 26.0 Å². The Morgan fingerprint density at radius 2 is 2.17 bits per heavy atom. The molecule has 0 atom stereocenters. The quantitative estimate of drug-likeness (QED) is 0.397. The van der Waals surface area contributed by atoms with Crippen LogP contribution in [0.1, 0.15) is 26.7 Å². The van der Waals surface area contributed by atoms with Gasteiger partial charge in [-0.25, -0.2) is 0 Å². The van der Waals surface area contributed by atoms with Crippen molar-refractivity contribution in [3.63, 3.8) is 0 Å². The van der Waals surface area contributed by atoms with Crippen molar-refractivity contribution < 1.29 is 5.11 Å². The van der Waals surface area contributed by atoms with E-state index in [1.807, 2.05) is 0 Å². The van der Waals surface area contributed by atoms with Gasteiger partial charge in [-0.3, -0.25) is 0 Å². The summed E-state index contributed by atoms with van der Waals surface area (Å²) >= 11 is 0. The zero-order chi connectivity index (χ0) is 9.56. The van der Waals surface area contributed by atoms with Gasteiger partial charge in [0.25, 0.3) is 0 Å². The van der Waals surface area contributed by atoms with Crippen molar-refractivity contribution in [2.75, 3.05) is 0 Å². The number of nitrogens with zero attached hydrogens (tertiary/aromatic N) is 2. The number of aliphatic hydroxyl groups excluding tert-OH is 1. The first-order chi connectivity index (χ1) is 5.57. The van der Waals surface area contributed by atoms with E-state index >= 15 is 0 Å². The molecule has 0 bridgehead atoms. The summed E-state index contributed by atoms with van der Waals surface area (Å²) in [7, 11) is 0. The van der Waals surface area contributed by atoms with E-state index in [2.05, 4.69) is 25.4 Å². The zero-order valence-electron chi connectivity index (χ0n) is 7.62. The molecule has 3 heteroatoms. The first-order valence-corrected chi connectivity index (χ1v) is 3.97. The molecular weight excluding hydrogens is 152 g/mol. The van der Waals surface area contributed by atoms with E-state index in [0.717, 1.165) is 18.2 Å². The van der Waals surface area contributed by atoms with Gasteiger partial charge in [-0.05, 0) is 12.3 Å². The molecule has 0 aromatic rings. The van der Waals surface area contributed by atoms with Gasteiger partial charge in [0.2, 0.25) is 5.39 Å². The second kappa shape index (κ2) is 5.36.